The average molecular weight is 357 g/mol. The zero-order valence-electron chi connectivity index (χ0n) is 14.9. The van der Waals surface area contributed by atoms with Crippen LogP contribution in [0.5, 0.6) is 5.75 Å². The summed E-state index contributed by atoms with van der Waals surface area (Å²) in [6.45, 7) is 3.30. The summed E-state index contributed by atoms with van der Waals surface area (Å²) in [7, 11) is 1.52. The first-order valence-electron chi connectivity index (χ1n) is 8.59. The lowest BCUT2D eigenvalue weighted by molar-refractivity contribution is -0.114. The number of methoxy groups -OCH3 is 1. The zero-order chi connectivity index (χ0) is 18.5. The van der Waals surface area contributed by atoms with Crippen LogP contribution in [0.3, 0.4) is 0 Å². The first-order valence-corrected chi connectivity index (χ1v) is 8.59. The summed E-state index contributed by atoms with van der Waals surface area (Å²) in [6.07, 6.45) is 3.99. The summed E-state index contributed by atoms with van der Waals surface area (Å²) in [6, 6.07) is 7.04. The molecule has 0 aliphatic carbocycles. The molecule has 0 radical (unpaired) electrons. The quantitative estimate of drug-likeness (QED) is 0.761. The first-order chi connectivity index (χ1) is 12.6. The molecule has 138 valence electrons. The molecule has 0 bridgehead atoms. The maximum Gasteiger partial charge on any atom is 0.276 e. The van der Waals surface area contributed by atoms with E-state index >= 15 is 0 Å². The van der Waals surface area contributed by atoms with Crippen LogP contribution in [-0.2, 0) is 4.79 Å². The van der Waals surface area contributed by atoms with Crippen molar-refractivity contribution in [3.8, 4) is 5.75 Å². The Labute approximate surface area is 151 Å². The average Bonchev–Trinajstić information content (AvgIpc) is 3.12. The van der Waals surface area contributed by atoms with E-state index in [1.807, 2.05) is 10.9 Å². The highest BCUT2D eigenvalue weighted by molar-refractivity contribution is 6.03. The van der Waals surface area contributed by atoms with Crippen molar-refractivity contribution < 1.29 is 14.3 Å². The number of benzene rings is 1. The number of carbonyl (C=O) groups is 2. The van der Waals surface area contributed by atoms with E-state index in [1.165, 1.54) is 14.0 Å². The van der Waals surface area contributed by atoms with Gasteiger partial charge < -0.3 is 20.7 Å². The summed E-state index contributed by atoms with van der Waals surface area (Å²) in [4.78, 5) is 23.8. The van der Waals surface area contributed by atoms with E-state index in [-0.39, 0.29) is 17.9 Å². The number of carbonyl (C=O) groups excluding carboxylic acids is 2. The van der Waals surface area contributed by atoms with Gasteiger partial charge in [0.2, 0.25) is 5.91 Å². The molecule has 8 heteroatoms. The lowest BCUT2D eigenvalue weighted by Gasteiger charge is -2.22. The molecular formula is C18H23N5O3. The van der Waals surface area contributed by atoms with Crippen molar-refractivity contribution in [1.29, 1.82) is 0 Å². The molecule has 1 saturated heterocycles. The minimum atomic E-state index is -0.300. The van der Waals surface area contributed by atoms with Crippen molar-refractivity contribution in [3.05, 3.63) is 36.2 Å². The van der Waals surface area contributed by atoms with Crippen LogP contribution in [0.25, 0.3) is 0 Å². The Morgan fingerprint density at radius 1 is 1.31 bits per heavy atom. The molecular weight excluding hydrogens is 334 g/mol. The molecule has 2 heterocycles. The molecule has 1 aliphatic rings. The van der Waals surface area contributed by atoms with Gasteiger partial charge in [0, 0.05) is 25.4 Å². The third-order valence-corrected chi connectivity index (χ3v) is 4.25. The predicted octanol–water partition coefficient (Wildman–Crippen LogP) is 2.03. The van der Waals surface area contributed by atoms with Crippen molar-refractivity contribution >= 4 is 23.2 Å². The smallest absolute Gasteiger partial charge is 0.276 e. The maximum absolute atomic E-state index is 12.5. The van der Waals surface area contributed by atoms with Crippen LogP contribution in [0.15, 0.2) is 30.5 Å². The second-order valence-electron chi connectivity index (χ2n) is 6.23. The molecule has 2 aromatic rings. The number of piperidine rings is 1. The largest absolute Gasteiger partial charge is 0.495 e. The van der Waals surface area contributed by atoms with Crippen molar-refractivity contribution in [2.24, 2.45) is 0 Å². The molecule has 1 aliphatic heterocycles. The molecule has 1 aromatic heterocycles. The van der Waals surface area contributed by atoms with Gasteiger partial charge in [0.05, 0.1) is 18.8 Å². The molecule has 26 heavy (non-hydrogen) atoms. The third kappa shape index (κ3) is 4.20. The highest BCUT2D eigenvalue weighted by Crippen LogP contribution is 2.28. The van der Waals surface area contributed by atoms with Crippen LogP contribution in [0, 0.1) is 0 Å². The number of ether oxygens (including phenoxy) is 1. The molecule has 0 saturated carbocycles. The van der Waals surface area contributed by atoms with E-state index < -0.39 is 0 Å². The summed E-state index contributed by atoms with van der Waals surface area (Å²) in [5, 5.41) is 13.2. The highest BCUT2D eigenvalue weighted by atomic mass is 16.5. The Bertz CT molecular complexity index is 796. The second kappa shape index (κ2) is 8.01. The highest BCUT2D eigenvalue weighted by Gasteiger charge is 2.18. The molecule has 0 spiro atoms. The van der Waals surface area contributed by atoms with Crippen molar-refractivity contribution in [3.63, 3.8) is 0 Å². The fraction of sp³-hybridized carbons (Fsp3) is 0.389. The van der Waals surface area contributed by atoms with E-state index in [2.05, 4.69) is 21.0 Å². The van der Waals surface area contributed by atoms with E-state index in [0.29, 0.717) is 22.8 Å². The van der Waals surface area contributed by atoms with Gasteiger partial charge in [-0.3, -0.25) is 14.3 Å². The monoisotopic (exact) mass is 357 g/mol. The van der Waals surface area contributed by atoms with E-state index in [1.54, 1.807) is 24.3 Å². The van der Waals surface area contributed by atoms with Gasteiger partial charge in [-0.25, -0.2) is 0 Å². The number of hydrogen-bond acceptors (Lipinski definition) is 5. The van der Waals surface area contributed by atoms with Gasteiger partial charge in [-0.15, -0.1) is 0 Å². The van der Waals surface area contributed by atoms with E-state index in [9.17, 15) is 9.59 Å². The van der Waals surface area contributed by atoms with Crippen LogP contribution in [-0.4, -0.2) is 41.8 Å². The maximum atomic E-state index is 12.5. The van der Waals surface area contributed by atoms with E-state index in [0.717, 1.165) is 25.9 Å². The van der Waals surface area contributed by atoms with Crippen LogP contribution in [0.4, 0.5) is 11.4 Å². The first kappa shape index (κ1) is 17.9. The molecule has 8 nitrogen and oxygen atoms in total. The molecule has 1 fully saturated rings. The molecule has 3 N–H and O–H groups in total. The van der Waals surface area contributed by atoms with Gasteiger partial charge in [0.1, 0.15) is 5.75 Å². The Morgan fingerprint density at radius 3 is 2.85 bits per heavy atom. The zero-order valence-corrected chi connectivity index (χ0v) is 14.9. The summed E-state index contributed by atoms with van der Waals surface area (Å²) >= 11 is 0. The number of hydrogen-bond donors (Lipinski definition) is 3. The Hall–Kier alpha value is -2.87. The molecule has 1 unspecified atom stereocenters. The number of anilines is 2. The van der Waals surface area contributed by atoms with Crippen LogP contribution >= 0.6 is 0 Å². The topological polar surface area (TPSA) is 97.3 Å². The predicted molar refractivity (Wildman–Crippen MR) is 98.6 cm³/mol. The fourth-order valence-corrected chi connectivity index (χ4v) is 2.99. The number of nitrogens with zero attached hydrogens (tertiary/aromatic N) is 2. The number of rotatable bonds is 5. The van der Waals surface area contributed by atoms with Gasteiger partial charge in [0.15, 0.2) is 5.69 Å². The Kier molecular flexibility index (Phi) is 5.52. The lowest BCUT2D eigenvalue weighted by Crippen LogP contribution is -2.32. The second-order valence-corrected chi connectivity index (χ2v) is 6.23. The van der Waals surface area contributed by atoms with Crippen molar-refractivity contribution in [2.45, 2.75) is 25.8 Å². The van der Waals surface area contributed by atoms with Gasteiger partial charge in [-0.05, 0) is 43.7 Å². The Balaban J connectivity index is 1.71. The standard InChI is InChI=1S/C18H23N5O3/c1-12(24)20-16-10-13(5-6-17(16)26-2)21-18(25)15-7-9-23(22-15)14-4-3-8-19-11-14/h5-7,9-10,14,19H,3-4,8,11H2,1-2H3,(H,20,24)(H,21,25). The molecule has 1 aromatic carbocycles. The van der Waals surface area contributed by atoms with E-state index in [4.69, 9.17) is 4.74 Å². The molecule has 2 amide bonds. The third-order valence-electron chi connectivity index (χ3n) is 4.25. The van der Waals surface area contributed by atoms with Gasteiger partial charge in [0.25, 0.3) is 5.91 Å². The van der Waals surface area contributed by atoms with Crippen molar-refractivity contribution in [2.75, 3.05) is 30.8 Å². The SMILES string of the molecule is COc1ccc(NC(=O)c2ccn(C3CCCNC3)n2)cc1NC(C)=O. The summed E-state index contributed by atoms with van der Waals surface area (Å²) in [5.74, 6) is 0.00495. The molecule has 3 rings (SSSR count). The van der Waals surface area contributed by atoms with Crippen LogP contribution in [0.2, 0.25) is 0 Å². The minimum absolute atomic E-state index is 0.216. The fourth-order valence-electron chi connectivity index (χ4n) is 2.99. The van der Waals surface area contributed by atoms with Crippen LogP contribution in [0.1, 0.15) is 36.3 Å². The van der Waals surface area contributed by atoms with Gasteiger partial charge >= 0.3 is 0 Å². The minimum Gasteiger partial charge on any atom is -0.495 e. The van der Waals surface area contributed by atoms with Gasteiger partial charge in [-0.1, -0.05) is 0 Å². The number of amides is 2. The summed E-state index contributed by atoms with van der Waals surface area (Å²) in [5.41, 5.74) is 1.40. The van der Waals surface area contributed by atoms with Gasteiger partial charge in [-0.2, -0.15) is 5.10 Å². The van der Waals surface area contributed by atoms with Crippen LogP contribution < -0.4 is 20.7 Å². The molecule has 1 atom stereocenters. The lowest BCUT2D eigenvalue weighted by atomic mass is 10.1. The number of aromatic nitrogens is 2. The normalized spacial score (nSPS) is 16.8. The van der Waals surface area contributed by atoms with Crippen molar-refractivity contribution in [1.82, 2.24) is 15.1 Å². The number of nitrogens with one attached hydrogen (secondary N) is 3. The Morgan fingerprint density at radius 2 is 2.15 bits per heavy atom. The summed E-state index contributed by atoms with van der Waals surface area (Å²) < 4.78 is 7.06.